The minimum atomic E-state index is -0.127. The molecule has 1 saturated heterocycles. The number of benzene rings is 1. The fraction of sp³-hybridized carbons (Fsp3) is 0.438. The number of H-pyrrole nitrogens is 1. The highest BCUT2D eigenvalue weighted by atomic mass is 35.5. The van der Waals surface area contributed by atoms with Crippen LogP contribution in [0.25, 0.3) is 11.4 Å². The second-order valence-corrected chi connectivity index (χ2v) is 7.17. The highest BCUT2D eigenvalue weighted by molar-refractivity contribution is 7.71. The summed E-state index contributed by atoms with van der Waals surface area (Å²) in [5.41, 5.74) is 0.750. The average molecular weight is 401 g/mol. The van der Waals surface area contributed by atoms with Crippen LogP contribution < -0.4 is 0 Å². The molecule has 25 heavy (non-hydrogen) atoms. The summed E-state index contributed by atoms with van der Waals surface area (Å²) >= 11 is 17.5. The number of nitrogens with one attached hydrogen (secondary N) is 1. The second kappa shape index (κ2) is 7.86. The third-order valence-electron chi connectivity index (χ3n) is 4.33. The molecule has 2 aromatic rings. The van der Waals surface area contributed by atoms with Crippen molar-refractivity contribution in [3.05, 3.63) is 33.0 Å². The largest absolute Gasteiger partial charge is 0.469 e. The number of methoxy groups -OCH3 is 1. The number of rotatable bonds is 4. The van der Waals surface area contributed by atoms with E-state index < -0.39 is 0 Å². The summed E-state index contributed by atoms with van der Waals surface area (Å²) in [4.78, 5) is 18.2. The lowest BCUT2D eigenvalue weighted by Gasteiger charge is -2.30. The Balaban J connectivity index is 1.70. The van der Waals surface area contributed by atoms with Gasteiger partial charge in [0.1, 0.15) is 0 Å². The van der Waals surface area contributed by atoms with Crippen LogP contribution in [0.5, 0.6) is 0 Å². The minimum absolute atomic E-state index is 0.0144. The maximum absolute atomic E-state index is 11.6. The number of carbonyl (C=O) groups is 1. The van der Waals surface area contributed by atoms with Crippen LogP contribution in [0.15, 0.2) is 18.2 Å². The van der Waals surface area contributed by atoms with E-state index >= 15 is 0 Å². The van der Waals surface area contributed by atoms with Gasteiger partial charge in [0.15, 0.2) is 5.82 Å². The van der Waals surface area contributed by atoms with Gasteiger partial charge in [-0.05, 0) is 43.3 Å². The maximum atomic E-state index is 11.6. The number of hydrogen-bond donors (Lipinski definition) is 1. The molecule has 1 aliphatic heterocycles. The molecular formula is C16H18Cl2N4O2S. The van der Waals surface area contributed by atoms with Gasteiger partial charge in [-0.2, -0.15) is 4.98 Å². The quantitative estimate of drug-likeness (QED) is 0.625. The Bertz CT molecular complexity index is 828. The van der Waals surface area contributed by atoms with Crippen LogP contribution in [-0.2, 0) is 16.2 Å². The van der Waals surface area contributed by atoms with E-state index in [-0.39, 0.29) is 11.9 Å². The number of ether oxygens (including phenoxy) is 1. The molecule has 0 atom stereocenters. The van der Waals surface area contributed by atoms with E-state index in [0.29, 0.717) is 27.3 Å². The van der Waals surface area contributed by atoms with E-state index in [9.17, 15) is 4.79 Å². The van der Waals surface area contributed by atoms with Gasteiger partial charge in [0.05, 0.1) is 24.7 Å². The molecule has 0 unspecified atom stereocenters. The van der Waals surface area contributed by atoms with Crippen molar-refractivity contribution in [3.8, 4) is 11.4 Å². The molecule has 0 bridgehead atoms. The molecule has 0 amide bonds. The molecule has 0 spiro atoms. The summed E-state index contributed by atoms with van der Waals surface area (Å²) in [5.74, 6) is 0.466. The Labute approximate surface area is 160 Å². The zero-order valence-corrected chi connectivity index (χ0v) is 16.0. The number of nitrogens with zero attached hydrogens (tertiary/aromatic N) is 3. The summed E-state index contributed by atoms with van der Waals surface area (Å²) < 4.78 is 7.07. The van der Waals surface area contributed by atoms with Crippen molar-refractivity contribution in [1.82, 2.24) is 19.7 Å². The number of halogens is 2. The first-order valence-electron chi connectivity index (χ1n) is 7.90. The molecule has 0 saturated carbocycles. The van der Waals surface area contributed by atoms with Gasteiger partial charge in [0, 0.05) is 23.7 Å². The molecule has 3 rings (SSSR count). The number of aromatic amines is 1. The topological polar surface area (TPSA) is 63.1 Å². The lowest BCUT2D eigenvalue weighted by molar-refractivity contribution is -0.147. The van der Waals surface area contributed by atoms with E-state index in [1.54, 1.807) is 16.8 Å². The van der Waals surface area contributed by atoms with E-state index in [4.69, 9.17) is 40.2 Å². The van der Waals surface area contributed by atoms with Crippen molar-refractivity contribution < 1.29 is 9.53 Å². The van der Waals surface area contributed by atoms with E-state index in [1.807, 2.05) is 6.07 Å². The van der Waals surface area contributed by atoms with Crippen LogP contribution in [0.1, 0.15) is 12.8 Å². The van der Waals surface area contributed by atoms with Crippen molar-refractivity contribution in [3.63, 3.8) is 0 Å². The highest BCUT2D eigenvalue weighted by Crippen LogP contribution is 2.28. The van der Waals surface area contributed by atoms with Gasteiger partial charge in [-0.15, -0.1) is 0 Å². The standard InChI is InChI=1S/C16H18Cl2N4O2S/c1-24-15(23)10-4-6-21(7-5-10)9-22-16(25)19-14(20-22)12-3-2-11(17)8-13(12)18/h2-3,8,10H,4-7,9H2,1H3,(H,19,20,25). The Morgan fingerprint density at radius 1 is 1.40 bits per heavy atom. The summed E-state index contributed by atoms with van der Waals surface area (Å²) in [6.45, 7) is 2.19. The van der Waals surface area contributed by atoms with Crippen molar-refractivity contribution in [1.29, 1.82) is 0 Å². The van der Waals surface area contributed by atoms with Crippen molar-refractivity contribution in [2.75, 3.05) is 20.2 Å². The number of aromatic nitrogens is 3. The second-order valence-electron chi connectivity index (χ2n) is 5.96. The van der Waals surface area contributed by atoms with Crippen LogP contribution in [0.4, 0.5) is 0 Å². The minimum Gasteiger partial charge on any atom is -0.469 e. The lowest BCUT2D eigenvalue weighted by Crippen LogP contribution is -2.38. The molecular weight excluding hydrogens is 383 g/mol. The van der Waals surface area contributed by atoms with Gasteiger partial charge in [-0.3, -0.25) is 14.8 Å². The molecule has 1 aliphatic rings. The number of esters is 1. The monoisotopic (exact) mass is 400 g/mol. The molecule has 134 valence electrons. The maximum Gasteiger partial charge on any atom is 0.308 e. The third-order valence-corrected chi connectivity index (χ3v) is 5.19. The molecule has 0 aliphatic carbocycles. The third kappa shape index (κ3) is 4.23. The van der Waals surface area contributed by atoms with Gasteiger partial charge in [-0.25, -0.2) is 4.68 Å². The molecule has 1 fully saturated rings. The van der Waals surface area contributed by atoms with Crippen molar-refractivity contribution >= 4 is 41.4 Å². The van der Waals surface area contributed by atoms with Crippen LogP contribution in [-0.4, -0.2) is 45.8 Å². The number of hydrogen-bond acceptors (Lipinski definition) is 5. The molecule has 2 heterocycles. The van der Waals surface area contributed by atoms with Crippen molar-refractivity contribution in [2.45, 2.75) is 19.5 Å². The zero-order chi connectivity index (χ0) is 18.0. The van der Waals surface area contributed by atoms with Crippen LogP contribution >= 0.6 is 35.4 Å². The number of piperidine rings is 1. The number of carbonyl (C=O) groups excluding carboxylic acids is 1. The molecule has 1 aromatic heterocycles. The van der Waals surface area contributed by atoms with Crippen LogP contribution in [0.3, 0.4) is 0 Å². The van der Waals surface area contributed by atoms with E-state index in [1.165, 1.54) is 7.11 Å². The Hall–Kier alpha value is -1.41. The van der Waals surface area contributed by atoms with E-state index in [2.05, 4.69) is 15.0 Å². The predicted molar refractivity (Wildman–Crippen MR) is 99.2 cm³/mol. The summed E-state index contributed by atoms with van der Waals surface area (Å²) in [5, 5.41) is 4.28. The number of likely N-dealkylation sites (tertiary alicyclic amines) is 1. The Morgan fingerprint density at radius 2 is 2.12 bits per heavy atom. The fourth-order valence-electron chi connectivity index (χ4n) is 2.93. The Morgan fingerprint density at radius 3 is 2.76 bits per heavy atom. The molecule has 9 heteroatoms. The molecule has 1 aromatic carbocycles. The first-order chi connectivity index (χ1) is 12.0. The first-order valence-corrected chi connectivity index (χ1v) is 9.07. The van der Waals surface area contributed by atoms with Gasteiger partial charge in [0.25, 0.3) is 0 Å². The van der Waals surface area contributed by atoms with E-state index in [0.717, 1.165) is 31.5 Å². The van der Waals surface area contributed by atoms with Crippen LogP contribution in [0, 0.1) is 10.7 Å². The van der Waals surface area contributed by atoms with Gasteiger partial charge < -0.3 is 4.74 Å². The molecule has 1 N–H and O–H groups in total. The van der Waals surface area contributed by atoms with Gasteiger partial charge in [0.2, 0.25) is 4.77 Å². The lowest BCUT2D eigenvalue weighted by atomic mass is 9.97. The fourth-order valence-corrected chi connectivity index (χ4v) is 3.62. The summed E-state index contributed by atoms with van der Waals surface area (Å²) in [6, 6.07) is 5.24. The van der Waals surface area contributed by atoms with Crippen molar-refractivity contribution in [2.24, 2.45) is 5.92 Å². The Kier molecular flexibility index (Phi) is 5.78. The average Bonchev–Trinajstić information content (AvgIpc) is 2.95. The van der Waals surface area contributed by atoms with Gasteiger partial charge in [-0.1, -0.05) is 23.2 Å². The van der Waals surface area contributed by atoms with Crippen LogP contribution in [0.2, 0.25) is 10.0 Å². The zero-order valence-electron chi connectivity index (χ0n) is 13.7. The normalized spacial score (nSPS) is 16.1. The summed E-state index contributed by atoms with van der Waals surface area (Å²) in [6.07, 6.45) is 1.56. The molecule has 6 nitrogen and oxygen atoms in total. The first kappa shape index (κ1) is 18.4. The molecule has 0 radical (unpaired) electrons. The predicted octanol–water partition coefficient (Wildman–Crippen LogP) is 3.76. The SMILES string of the molecule is COC(=O)C1CCN(Cn2[nH]c(-c3ccc(Cl)cc3Cl)nc2=S)CC1. The smallest absolute Gasteiger partial charge is 0.308 e. The summed E-state index contributed by atoms with van der Waals surface area (Å²) in [7, 11) is 1.43. The highest BCUT2D eigenvalue weighted by Gasteiger charge is 2.25. The van der Waals surface area contributed by atoms with Gasteiger partial charge >= 0.3 is 5.97 Å².